The number of hydrogen-bond acceptors (Lipinski definition) is 6. The number of carbonyl (C=O) groups excluding carboxylic acids is 2. The Bertz CT molecular complexity index is 774. The zero-order chi connectivity index (χ0) is 20.3. The van der Waals surface area contributed by atoms with E-state index in [9.17, 15) is 24.9 Å². The lowest BCUT2D eigenvalue weighted by atomic mass is 9.51. The summed E-state index contributed by atoms with van der Waals surface area (Å²) in [7, 11) is 1.40. The van der Waals surface area contributed by atoms with Gasteiger partial charge in [0.2, 0.25) is 11.6 Å². The minimum absolute atomic E-state index is 0.118. The number of allylic oxidation sites excluding steroid dienone is 1. The molecule has 0 heterocycles. The van der Waals surface area contributed by atoms with Crippen LogP contribution in [0.25, 0.3) is 0 Å². The first kappa shape index (κ1) is 20.0. The Hall–Kier alpha value is -1.76. The Morgan fingerprint density at radius 2 is 1.96 bits per heavy atom. The van der Waals surface area contributed by atoms with Gasteiger partial charge in [-0.25, -0.2) is 0 Å². The molecule has 6 heteroatoms. The van der Waals surface area contributed by atoms with E-state index in [2.05, 4.69) is 6.58 Å². The van der Waals surface area contributed by atoms with Crippen LogP contribution in [-0.4, -0.2) is 52.3 Å². The molecule has 0 bridgehead atoms. The first-order valence-corrected chi connectivity index (χ1v) is 9.40. The molecule has 3 rings (SSSR count). The average molecular weight is 376 g/mol. The first-order chi connectivity index (χ1) is 12.6. The molecule has 3 aliphatic carbocycles. The number of aliphatic hydroxyl groups excluding tert-OH is 3. The van der Waals surface area contributed by atoms with Gasteiger partial charge in [0.25, 0.3) is 0 Å². The molecule has 0 spiro atoms. The third-order valence-electron chi connectivity index (χ3n) is 6.59. The van der Waals surface area contributed by atoms with Gasteiger partial charge in [-0.1, -0.05) is 26.0 Å². The van der Waals surface area contributed by atoms with Crippen LogP contribution in [0.2, 0.25) is 0 Å². The quantitative estimate of drug-likeness (QED) is 0.395. The molecule has 1 saturated carbocycles. The van der Waals surface area contributed by atoms with Gasteiger partial charge in [-0.3, -0.25) is 9.59 Å². The van der Waals surface area contributed by atoms with Gasteiger partial charge in [-0.15, -0.1) is 0 Å². The van der Waals surface area contributed by atoms with Crippen LogP contribution < -0.4 is 0 Å². The molecule has 27 heavy (non-hydrogen) atoms. The molecule has 148 valence electrons. The van der Waals surface area contributed by atoms with Crippen LogP contribution in [0.5, 0.6) is 0 Å². The van der Waals surface area contributed by atoms with Crippen molar-refractivity contribution in [2.45, 2.75) is 58.3 Å². The molecule has 0 aromatic carbocycles. The number of ether oxygens (including phenoxy) is 1. The molecular weight excluding hydrogens is 348 g/mol. The van der Waals surface area contributed by atoms with Crippen LogP contribution in [-0.2, 0) is 14.3 Å². The maximum absolute atomic E-state index is 13.1. The summed E-state index contributed by atoms with van der Waals surface area (Å²) < 4.78 is 5.49. The molecule has 1 fully saturated rings. The number of methoxy groups -OCH3 is 1. The largest absolute Gasteiger partial charge is 0.507 e. The van der Waals surface area contributed by atoms with E-state index < -0.39 is 41.2 Å². The van der Waals surface area contributed by atoms with Gasteiger partial charge in [0.15, 0.2) is 0 Å². The third kappa shape index (κ3) is 2.73. The number of Topliss-reactive ketones (excluding diaryl/α,β-unsaturated/α-hetero) is 2. The predicted molar refractivity (Wildman–Crippen MR) is 98.9 cm³/mol. The van der Waals surface area contributed by atoms with E-state index in [0.29, 0.717) is 6.42 Å². The van der Waals surface area contributed by atoms with E-state index in [1.54, 1.807) is 0 Å². The van der Waals surface area contributed by atoms with Gasteiger partial charge in [0.1, 0.15) is 11.9 Å². The summed E-state index contributed by atoms with van der Waals surface area (Å²) in [6, 6.07) is 0. The second-order valence-corrected chi connectivity index (χ2v) is 8.38. The molecule has 3 aliphatic rings. The van der Waals surface area contributed by atoms with E-state index in [4.69, 9.17) is 4.74 Å². The second kappa shape index (κ2) is 6.69. The van der Waals surface area contributed by atoms with Gasteiger partial charge in [-0.2, -0.15) is 0 Å². The maximum atomic E-state index is 13.1. The van der Waals surface area contributed by atoms with Crippen molar-refractivity contribution in [2.24, 2.45) is 17.3 Å². The van der Waals surface area contributed by atoms with Gasteiger partial charge in [0, 0.05) is 41.6 Å². The van der Waals surface area contributed by atoms with Crippen LogP contribution in [0.15, 0.2) is 34.6 Å². The fourth-order valence-corrected chi connectivity index (χ4v) is 5.14. The molecule has 0 saturated heterocycles. The smallest absolute Gasteiger partial charge is 0.233 e. The van der Waals surface area contributed by atoms with Crippen molar-refractivity contribution in [2.75, 3.05) is 7.11 Å². The lowest BCUT2D eigenvalue weighted by Gasteiger charge is -2.54. The SMILES string of the molecule is C=C1[C@@H]2[C@H](O)[C@@H](OC)C3=C(C(=O)C(=O)C(C[C@H](C)O)=C3O)[C@@]2(C)CC[C@@H]1C. The topological polar surface area (TPSA) is 104 Å². The van der Waals surface area contributed by atoms with Crippen molar-refractivity contribution in [1.82, 2.24) is 0 Å². The van der Waals surface area contributed by atoms with Gasteiger partial charge < -0.3 is 20.1 Å². The zero-order valence-electron chi connectivity index (χ0n) is 16.3. The summed E-state index contributed by atoms with van der Waals surface area (Å²) in [5.41, 5.74) is 0.335. The van der Waals surface area contributed by atoms with E-state index in [-0.39, 0.29) is 34.8 Å². The highest BCUT2D eigenvalue weighted by Crippen LogP contribution is 2.58. The van der Waals surface area contributed by atoms with Crippen LogP contribution >= 0.6 is 0 Å². The van der Waals surface area contributed by atoms with Crippen molar-refractivity contribution in [3.8, 4) is 0 Å². The van der Waals surface area contributed by atoms with Gasteiger partial charge >= 0.3 is 0 Å². The van der Waals surface area contributed by atoms with E-state index in [1.807, 2.05) is 13.8 Å². The number of carbonyl (C=O) groups is 2. The molecule has 6 atom stereocenters. The van der Waals surface area contributed by atoms with Crippen LogP contribution in [0.3, 0.4) is 0 Å². The summed E-state index contributed by atoms with van der Waals surface area (Å²) in [4.78, 5) is 25.8. The summed E-state index contributed by atoms with van der Waals surface area (Å²) in [5, 5.41) is 31.6. The molecule has 0 aliphatic heterocycles. The van der Waals surface area contributed by atoms with Crippen LogP contribution in [0.1, 0.15) is 40.0 Å². The summed E-state index contributed by atoms with van der Waals surface area (Å²) in [6.45, 7) is 9.53. The number of aliphatic hydroxyl groups is 3. The van der Waals surface area contributed by atoms with Crippen LogP contribution in [0, 0.1) is 17.3 Å². The Morgan fingerprint density at radius 3 is 2.52 bits per heavy atom. The van der Waals surface area contributed by atoms with E-state index >= 15 is 0 Å². The van der Waals surface area contributed by atoms with Crippen molar-refractivity contribution in [1.29, 1.82) is 0 Å². The van der Waals surface area contributed by atoms with E-state index in [0.717, 1.165) is 12.0 Å². The molecule has 0 amide bonds. The molecular formula is C21H28O6. The van der Waals surface area contributed by atoms with Crippen molar-refractivity contribution in [3.63, 3.8) is 0 Å². The molecule has 0 aromatic rings. The molecule has 0 aromatic heterocycles. The fraction of sp³-hybridized carbons (Fsp3) is 0.619. The number of hydrogen-bond donors (Lipinski definition) is 3. The molecule has 0 radical (unpaired) electrons. The number of ketones is 2. The van der Waals surface area contributed by atoms with Gasteiger partial charge in [0.05, 0.1) is 12.2 Å². The minimum Gasteiger partial charge on any atom is -0.507 e. The summed E-state index contributed by atoms with van der Waals surface area (Å²) in [6.07, 6.45) is -1.59. The second-order valence-electron chi connectivity index (χ2n) is 8.38. The molecule has 0 unspecified atom stereocenters. The predicted octanol–water partition coefficient (Wildman–Crippen LogP) is 2.02. The Balaban J connectivity index is 2.28. The summed E-state index contributed by atoms with van der Waals surface area (Å²) >= 11 is 0. The number of rotatable bonds is 3. The van der Waals surface area contributed by atoms with Crippen molar-refractivity contribution < 1.29 is 29.6 Å². The first-order valence-electron chi connectivity index (χ1n) is 9.40. The monoisotopic (exact) mass is 376 g/mol. The van der Waals surface area contributed by atoms with Crippen LogP contribution in [0.4, 0.5) is 0 Å². The highest BCUT2D eigenvalue weighted by molar-refractivity contribution is 6.50. The normalized spacial score (nSPS) is 38.1. The highest BCUT2D eigenvalue weighted by atomic mass is 16.5. The van der Waals surface area contributed by atoms with Crippen molar-refractivity contribution >= 4 is 11.6 Å². The average Bonchev–Trinajstić information content (AvgIpc) is 2.59. The maximum Gasteiger partial charge on any atom is 0.233 e. The Morgan fingerprint density at radius 1 is 1.33 bits per heavy atom. The molecule has 3 N–H and O–H groups in total. The standard InChI is InChI=1S/C21H28O6/c1-9-6-7-21(4)14(11(9)3)19(26)20(27-5)13-15(21)18(25)17(24)12(16(13)23)8-10(2)22/h9-10,14,19-20,22-23,26H,3,6-8H2,1-2,4-5H3/t9-,10-,14+,19-,20-,21-/m0/s1. The summed E-state index contributed by atoms with van der Waals surface area (Å²) in [5.74, 6) is -2.07. The van der Waals surface area contributed by atoms with Crippen molar-refractivity contribution in [3.05, 3.63) is 34.6 Å². The Kier molecular flexibility index (Phi) is 4.95. The van der Waals surface area contributed by atoms with Gasteiger partial charge in [-0.05, 0) is 25.7 Å². The van der Waals surface area contributed by atoms with E-state index in [1.165, 1.54) is 14.0 Å². The third-order valence-corrected chi connectivity index (χ3v) is 6.59. The lowest BCUT2D eigenvalue weighted by Crippen LogP contribution is -2.56. The minimum atomic E-state index is -0.995. The lowest BCUT2D eigenvalue weighted by molar-refractivity contribution is -0.135. The highest BCUT2D eigenvalue weighted by Gasteiger charge is 2.59. The fourth-order valence-electron chi connectivity index (χ4n) is 5.14. The Labute approximate surface area is 159 Å². The number of fused-ring (bicyclic) bond motifs is 2. The molecule has 6 nitrogen and oxygen atoms in total. The zero-order valence-corrected chi connectivity index (χ0v) is 16.3.